The summed E-state index contributed by atoms with van der Waals surface area (Å²) in [5, 5.41) is 2.55. The fraction of sp³-hybridized carbons (Fsp3) is 0.450. The molecule has 2 N–H and O–H groups in total. The lowest BCUT2D eigenvalue weighted by Gasteiger charge is -2.38. The first-order valence-electron chi connectivity index (χ1n) is 9.71. The monoisotopic (exact) mass is 439 g/mol. The van der Waals surface area contributed by atoms with Gasteiger partial charge in [-0.3, -0.25) is 4.79 Å². The van der Waals surface area contributed by atoms with Crippen molar-refractivity contribution in [2.24, 2.45) is 0 Å². The number of halogens is 2. The second kappa shape index (κ2) is 7.44. The molecule has 7 nitrogen and oxygen atoms in total. The number of carbonyl (C=O) groups excluding carboxylic acids is 1. The highest BCUT2D eigenvalue weighted by Gasteiger charge is 2.41. The van der Waals surface area contributed by atoms with Crippen LogP contribution in [0, 0.1) is 18.6 Å². The molecule has 0 aliphatic carbocycles. The van der Waals surface area contributed by atoms with Gasteiger partial charge < -0.3 is 14.6 Å². The zero-order chi connectivity index (χ0) is 21.7. The predicted molar refractivity (Wildman–Crippen MR) is 106 cm³/mol. The number of rotatable bonds is 5. The number of anilines is 1. The van der Waals surface area contributed by atoms with Crippen LogP contribution in [0.25, 0.3) is 0 Å². The van der Waals surface area contributed by atoms with Crippen LogP contribution in [0.5, 0.6) is 0 Å². The lowest BCUT2D eigenvalue weighted by Crippen LogP contribution is -2.59. The summed E-state index contributed by atoms with van der Waals surface area (Å²) in [7, 11) is -3.89. The van der Waals surface area contributed by atoms with E-state index in [1.54, 1.807) is 18.4 Å². The molecule has 1 aromatic carbocycles. The summed E-state index contributed by atoms with van der Waals surface area (Å²) < 4.78 is 62.7. The maximum atomic E-state index is 13.5. The minimum Gasteiger partial charge on any atom is -0.377 e. The van der Waals surface area contributed by atoms with Crippen molar-refractivity contribution in [2.45, 2.75) is 50.1 Å². The van der Waals surface area contributed by atoms with Crippen LogP contribution in [0.1, 0.15) is 41.5 Å². The molecular formula is C20H23F2N3O4S. The fourth-order valence-electron chi connectivity index (χ4n) is 4.10. The molecule has 0 radical (unpaired) electrons. The summed E-state index contributed by atoms with van der Waals surface area (Å²) in [4.78, 5) is 13.1. The molecular weight excluding hydrogens is 416 g/mol. The van der Waals surface area contributed by atoms with Gasteiger partial charge >= 0.3 is 0 Å². The average molecular weight is 439 g/mol. The van der Waals surface area contributed by atoms with Crippen molar-refractivity contribution in [1.82, 2.24) is 9.29 Å². The number of benzene rings is 1. The summed E-state index contributed by atoms with van der Waals surface area (Å²) in [6.07, 6.45) is 2.16. The molecule has 162 valence electrons. The van der Waals surface area contributed by atoms with Crippen molar-refractivity contribution < 1.29 is 26.7 Å². The Kier molecular flexibility index (Phi) is 5.19. The Morgan fingerprint density at radius 3 is 2.57 bits per heavy atom. The molecule has 2 aliphatic heterocycles. The van der Waals surface area contributed by atoms with Gasteiger partial charge in [-0.15, -0.1) is 0 Å². The summed E-state index contributed by atoms with van der Waals surface area (Å²) in [5.74, 6) is -2.66. The Morgan fingerprint density at radius 1 is 1.20 bits per heavy atom. The van der Waals surface area contributed by atoms with Gasteiger partial charge in [0.05, 0.1) is 18.8 Å². The summed E-state index contributed by atoms with van der Waals surface area (Å²) in [6, 6.07) is 3.06. The number of nitrogens with one attached hydrogen (secondary N) is 2. The lowest BCUT2D eigenvalue weighted by molar-refractivity contribution is -0.0523. The zero-order valence-corrected chi connectivity index (χ0v) is 17.5. The minimum atomic E-state index is -3.89. The summed E-state index contributed by atoms with van der Waals surface area (Å²) >= 11 is 0. The van der Waals surface area contributed by atoms with Crippen LogP contribution in [0.2, 0.25) is 0 Å². The Morgan fingerprint density at radius 2 is 1.93 bits per heavy atom. The Labute approximate surface area is 173 Å². The van der Waals surface area contributed by atoms with Gasteiger partial charge in [0.25, 0.3) is 5.91 Å². The van der Waals surface area contributed by atoms with Gasteiger partial charge in [0.1, 0.15) is 10.6 Å². The SMILES string of the molecule is Cc1c(S(=O)(=O)NC2(C)COC2)c2n(c1C(=O)Nc1ccc(F)c(F)c1)CCCC2. The normalized spacial score (nSPS) is 17.9. The van der Waals surface area contributed by atoms with Gasteiger partial charge in [0, 0.05) is 29.6 Å². The van der Waals surface area contributed by atoms with Crippen molar-refractivity contribution in [2.75, 3.05) is 18.5 Å². The maximum Gasteiger partial charge on any atom is 0.272 e. The number of nitrogens with zero attached hydrogens (tertiary/aromatic N) is 1. The van der Waals surface area contributed by atoms with Crippen LogP contribution >= 0.6 is 0 Å². The third-order valence-electron chi connectivity index (χ3n) is 5.48. The number of ether oxygens (including phenoxy) is 1. The van der Waals surface area contributed by atoms with Crippen LogP contribution in [0.3, 0.4) is 0 Å². The van der Waals surface area contributed by atoms with Crippen LogP contribution in [0.15, 0.2) is 23.1 Å². The molecule has 0 saturated carbocycles. The Balaban J connectivity index is 1.73. The third kappa shape index (κ3) is 3.63. The molecule has 1 aromatic heterocycles. The molecule has 0 spiro atoms. The number of sulfonamides is 1. The van der Waals surface area contributed by atoms with E-state index in [2.05, 4.69) is 10.0 Å². The second-order valence-electron chi connectivity index (χ2n) is 8.10. The molecule has 4 rings (SSSR count). The van der Waals surface area contributed by atoms with Crippen molar-refractivity contribution in [1.29, 1.82) is 0 Å². The van der Waals surface area contributed by atoms with Gasteiger partial charge in [-0.25, -0.2) is 21.9 Å². The first-order valence-corrected chi connectivity index (χ1v) is 11.2. The molecule has 2 aromatic rings. The molecule has 3 heterocycles. The summed E-state index contributed by atoms with van der Waals surface area (Å²) in [5.41, 5.74) is 0.549. The highest BCUT2D eigenvalue weighted by atomic mass is 32.2. The number of hydrogen-bond acceptors (Lipinski definition) is 4. The lowest BCUT2D eigenvalue weighted by atomic mass is 10.0. The van der Waals surface area contributed by atoms with E-state index in [0.717, 1.165) is 25.0 Å². The first kappa shape index (κ1) is 21.0. The van der Waals surface area contributed by atoms with Gasteiger partial charge in [-0.2, -0.15) is 0 Å². The fourth-order valence-corrected chi connectivity index (χ4v) is 5.99. The average Bonchev–Trinajstić information content (AvgIpc) is 2.95. The Bertz CT molecular complexity index is 1120. The first-order chi connectivity index (χ1) is 14.1. The van der Waals surface area contributed by atoms with E-state index in [9.17, 15) is 22.0 Å². The van der Waals surface area contributed by atoms with E-state index < -0.39 is 33.1 Å². The smallest absolute Gasteiger partial charge is 0.272 e. The number of fused-ring (bicyclic) bond motifs is 1. The predicted octanol–water partition coefficient (Wildman–Crippen LogP) is 2.73. The van der Waals surface area contributed by atoms with E-state index >= 15 is 0 Å². The molecule has 10 heteroatoms. The quantitative estimate of drug-likeness (QED) is 0.750. The highest BCUT2D eigenvalue weighted by molar-refractivity contribution is 7.89. The molecule has 0 atom stereocenters. The highest BCUT2D eigenvalue weighted by Crippen LogP contribution is 2.33. The van der Waals surface area contributed by atoms with Crippen molar-refractivity contribution in [3.8, 4) is 0 Å². The van der Waals surface area contributed by atoms with E-state index in [1.165, 1.54) is 6.07 Å². The molecule has 1 amide bonds. The van der Waals surface area contributed by atoms with Crippen molar-refractivity contribution in [3.05, 3.63) is 46.8 Å². The third-order valence-corrected chi connectivity index (χ3v) is 7.32. The van der Waals surface area contributed by atoms with E-state index in [-0.39, 0.29) is 29.5 Å². The van der Waals surface area contributed by atoms with Crippen LogP contribution < -0.4 is 10.0 Å². The standard InChI is InChI=1S/C20H23F2N3O4S/c1-12-17(19(26)23-13-6-7-14(21)15(22)9-13)25-8-4-3-5-16(25)18(12)30(27,28)24-20(2)10-29-11-20/h6-7,9,24H,3-5,8,10-11H2,1-2H3,(H,23,26). The van der Waals surface area contributed by atoms with E-state index in [1.807, 2.05) is 0 Å². The van der Waals surface area contributed by atoms with E-state index in [0.29, 0.717) is 24.2 Å². The van der Waals surface area contributed by atoms with Crippen LogP contribution in [-0.4, -0.2) is 37.6 Å². The van der Waals surface area contributed by atoms with Crippen molar-refractivity contribution >= 4 is 21.6 Å². The van der Waals surface area contributed by atoms with Gasteiger partial charge in [0.15, 0.2) is 11.6 Å². The molecule has 30 heavy (non-hydrogen) atoms. The minimum absolute atomic E-state index is 0.0892. The number of aromatic nitrogens is 1. The second-order valence-corrected chi connectivity index (χ2v) is 9.72. The zero-order valence-electron chi connectivity index (χ0n) is 16.7. The maximum absolute atomic E-state index is 13.5. The van der Waals surface area contributed by atoms with E-state index in [4.69, 9.17) is 4.74 Å². The van der Waals surface area contributed by atoms with Gasteiger partial charge in [-0.1, -0.05) is 0 Å². The van der Waals surface area contributed by atoms with Gasteiger partial charge in [0.2, 0.25) is 10.0 Å². The molecule has 2 aliphatic rings. The molecule has 0 bridgehead atoms. The van der Waals surface area contributed by atoms with Crippen molar-refractivity contribution in [3.63, 3.8) is 0 Å². The Hall–Kier alpha value is -2.30. The van der Waals surface area contributed by atoms with Crippen LogP contribution in [-0.2, 0) is 27.7 Å². The largest absolute Gasteiger partial charge is 0.377 e. The molecule has 1 saturated heterocycles. The topological polar surface area (TPSA) is 89.4 Å². The molecule has 1 fully saturated rings. The number of hydrogen-bond donors (Lipinski definition) is 2. The number of amides is 1. The summed E-state index contributed by atoms with van der Waals surface area (Å²) in [6.45, 7) is 4.43. The van der Waals surface area contributed by atoms with Crippen LogP contribution in [0.4, 0.5) is 14.5 Å². The number of carbonyl (C=O) groups is 1. The molecule has 0 unspecified atom stereocenters. The van der Waals surface area contributed by atoms with Gasteiger partial charge in [-0.05, 0) is 45.2 Å².